The first kappa shape index (κ1) is 14.6. The minimum absolute atomic E-state index is 0.0625. The Morgan fingerprint density at radius 2 is 1.90 bits per heavy atom. The number of benzene rings is 1. The van der Waals surface area contributed by atoms with Crippen LogP contribution in [-0.4, -0.2) is 37.0 Å². The van der Waals surface area contributed by atoms with Crippen molar-refractivity contribution in [1.29, 1.82) is 0 Å². The van der Waals surface area contributed by atoms with E-state index in [9.17, 15) is 13.5 Å². The van der Waals surface area contributed by atoms with E-state index in [-0.39, 0.29) is 27.9 Å². The van der Waals surface area contributed by atoms with Gasteiger partial charge in [0.05, 0.1) is 21.0 Å². The van der Waals surface area contributed by atoms with Crippen molar-refractivity contribution in [2.45, 2.75) is 23.8 Å². The van der Waals surface area contributed by atoms with Crippen LogP contribution in [-0.2, 0) is 10.0 Å². The number of hydrogen-bond acceptors (Lipinski definition) is 3. The van der Waals surface area contributed by atoms with Gasteiger partial charge in [-0.25, -0.2) is 8.42 Å². The molecule has 2 aliphatic rings. The monoisotopic (exact) mass is 335 g/mol. The molecule has 0 bridgehead atoms. The Labute approximate surface area is 128 Å². The van der Waals surface area contributed by atoms with Gasteiger partial charge in [0, 0.05) is 19.0 Å². The second-order valence-corrected chi connectivity index (χ2v) is 8.22. The Balaban J connectivity index is 1.88. The van der Waals surface area contributed by atoms with Crippen molar-refractivity contribution in [1.82, 2.24) is 4.31 Å². The Morgan fingerprint density at radius 1 is 1.15 bits per heavy atom. The summed E-state index contributed by atoms with van der Waals surface area (Å²) in [4.78, 5) is 0.154. The molecule has 1 aliphatic carbocycles. The number of aliphatic hydroxyl groups excluding tert-OH is 1. The van der Waals surface area contributed by atoms with E-state index in [1.807, 2.05) is 0 Å². The largest absolute Gasteiger partial charge is 0.393 e. The highest BCUT2D eigenvalue weighted by Crippen LogP contribution is 2.40. The zero-order valence-electron chi connectivity index (χ0n) is 10.7. The van der Waals surface area contributed by atoms with Crippen molar-refractivity contribution in [2.75, 3.05) is 13.1 Å². The van der Waals surface area contributed by atoms with Crippen LogP contribution < -0.4 is 0 Å². The Kier molecular flexibility index (Phi) is 3.75. The average molecular weight is 336 g/mol. The van der Waals surface area contributed by atoms with Crippen molar-refractivity contribution < 1.29 is 13.5 Å². The van der Waals surface area contributed by atoms with E-state index in [4.69, 9.17) is 23.2 Å². The maximum atomic E-state index is 12.6. The molecule has 0 amide bonds. The van der Waals surface area contributed by atoms with Crippen LogP contribution in [0.2, 0.25) is 10.0 Å². The predicted octanol–water partition coefficient (Wildman–Crippen LogP) is 2.38. The molecule has 1 aliphatic heterocycles. The van der Waals surface area contributed by atoms with Crippen molar-refractivity contribution in [2.24, 2.45) is 11.8 Å². The van der Waals surface area contributed by atoms with Crippen LogP contribution in [0.15, 0.2) is 23.1 Å². The highest BCUT2D eigenvalue weighted by Gasteiger charge is 2.45. The molecular weight excluding hydrogens is 321 g/mol. The van der Waals surface area contributed by atoms with Crippen LogP contribution in [0.5, 0.6) is 0 Å². The van der Waals surface area contributed by atoms with Gasteiger partial charge in [0.2, 0.25) is 10.0 Å². The van der Waals surface area contributed by atoms with Crippen LogP contribution in [0.1, 0.15) is 12.8 Å². The maximum absolute atomic E-state index is 12.6. The van der Waals surface area contributed by atoms with Crippen molar-refractivity contribution in [3.8, 4) is 0 Å². The van der Waals surface area contributed by atoms with Crippen molar-refractivity contribution in [3.05, 3.63) is 28.2 Å². The molecule has 7 heteroatoms. The quantitative estimate of drug-likeness (QED) is 0.902. The van der Waals surface area contributed by atoms with Gasteiger partial charge in [-0.15, -0.1) is 0 Å². The van der Waals surface area contributed by atoms with E-state index in [0.29, 0.717) is 18.1 Å². The fourth-order valence-corrected chi connectivity index (χ4v) is 5.10. The molecular formula is C13H15Cl2NO3S. The molecule has 0 radical (unpaired) electrons. The van der Waals surface area contributed by atoms with Crippen LogP contribution in [0, 0.1) is 11.8 Å². The van der Waals surface area contributed by atoms with Crippen molar-refractivity contribution >= 4 is 33.2 Å². The molecule has 1 aromatic carbocycles. The molecule has 2 fully saturated rings. The zero-order valence-corrected chi connectivity index (χ0v) is 13.0. The Morgan fingerprint density at radius 3 is 2.55 bits per heavy atom. The maximum Gasteiger partial charge on any atom is 0.243 e. The normalized spacial score (nSPS) is 30.6. The summed E-state index contributed by atoms with van der Waals surface area (Å²) in [5.41, 5.74) is 0. The van der Waals surface area contributed by atoms with E-state index >= 15 is 0 Å². The van der Waals surface area contributed by atoms with Gasteiger partial charge >= 0.3 is 0 Å². The SMILES string of the molecule is O=S(=O)(c1ccc(Cl)c(Cl)c1)N1CC2CCC(O)C2C1. The summed E-state index contributed by atoms with van der Waals surface area (Å²) in [5, 5.41) is 10.4. The van der Waals surface area contributed by atoms with Crippen LogP contribution in [0.3, 0.4) is 0 Å². The third kappa shape index (κ3) is 2.35. The standard InChI is InChI=1S/C13H15Cl2NO3S/c14-11-3-2-9(5-12(11)15)20(18,19)16-6-8-1-4-13(17)10(8)7-16/h2-3,5,8,10,13,17H,1,4,6-7H2. The summed E-state index contributed by atoms with van der Waals surface area (Å²) in [6.45, 7) is 0.860. The smallest absolute Gasteiger partial charge is 0.243 e. The Bertz CT molecular complexity index is 635. The van der Waals surface area contributed by atoms with Crippen LogP contribution >= 0.6 is 23.2 Å². The summed E-state index contributed by atoms with van der Waals surface area (Å²) < 4.78 is 26.6. The average Bonchev–Trinajstić information content (AvgIpc) is 2.96. The lowest BCUT2D eigenvalue weighted by Gasteiger charge is -2.18. The van der Waals surface area contributed by atoms with Crippen molar-refractivity contribution in [3.63, 3.8) is 0 Å². The molecule has 0 aromatic heterocycles. The van der Waals surface area contributed by atoms with Gasteiger partial charge in [0.25, 0.3) is 0 Å². The first-order valence-corrected chi connectivity index (χ1v) is 8.72. The number of rotatable bonds is 2. The minimum Gasteiger partial charge on any atom is -0.393 e. The van der Waals surface area contributed by atoms with E-state index in [1.54, 1.807) is 0 Å². The van der Waals surface area contributed by atoms with Gasteiger partial charge in [-0.05, 0) is 37.0 Å². The zero-order chi connectivity index (χ0) is 14.5. The molecule has 1 N–H and O–H groups in total. The van der Waals surface area contributed by atoms with Gasteiger partial charge in [0.15, 0.2) is 0 Å². The van der Waals surface area contributed by atoms with E-state index < -0.39 is 10.0 Å². The number of nitrogens with zero attached hydrogens (tertiary/aromatic N) is 1. The number of hydrogen-bond donors (Lipinski definition) is 1. The topological polar surface area (TPSA) is 57.6 Å². The summed E-state index contributed by atoms with van der Waals surface area (Å²) in [5.74, 6) is 0.329. The highest BCUT2D eigenvalue weighted by atomic mass is 35.5. The third-order valence-electron chi connectivity index (χ3n) is 4.31. The van der Waals surface area contributed by atoms with Crippen LogP contribution in [0.4, 0.5) is 0 Å². The lowest BCUT2D eigenvalue weighted by molar-refractivity contribution is 0.129. The fourth-order valence-electron chi connectivity index (χ4n) is 3.18. The molecule has 1 saturated carbocycles. The van der Waals surface area contributed by atoms with E-state index in [2.05, 4.69) is 0 Å². The summed E-state index contributed by atoms with van der Waals surface area (Å²) >= 11 is 11.7. The summed E-state index contributed by atoms with van der Waals surface area (Å²) in [6, 6.07) is 4.33. The molecule has 3 rings (SSSR count). The first-order chi connectivity index (χ1) is 9.39. The van der Waals surface area contributed by atoms with Gasteiger partial charge in [-0.1, -0.05) is 23.2 Å². The Hall–Kier alpha value is -0.330. The molecule has 20 heavy (non-hydrogen) atoms. The van der Waals surface area contributed by atoms with Gasteiger partial charge in [-0.2, -0.15) is 4.31 Å². The second-order valence-electron chi connectivity index (χ2n) is 5.47. The van der Waals surface area contributed by atoms with Gasteiger partial charge in [-0.3, -0.25) is 0 Å². The van der Waals surface area contributed by atoms with E-state index in [0.717, 1.165) is 12.8 Å². The lowest BCUT2D eigenvalue weighted by Crippen LogP contribution is -2.31. The number of aliphatic hydroxyl groups is 1. The minimum atomic E-state index is -3.56. The van der Waals surface area contributed by atoms with E-state index in [1.165, 1.54) is 22.5 Å². The molecule has 1 saturated heterocycles. The molecule has 4 nitrogen and oxygen atoms in total. The van der Waals surface area contributed by atoms with Gasteiger partial charge in [0.1, 0.15) is 0 Å². The third-order valence-corrected chi connectivity index (χ3v) is 6.88. The molecule has 3 unspecified atom stereocenters. The number of halogens is 2. The van der Waals surface area contributed by atoms with Gasteiger partial charge < -0.3 is 5.11 Å². The predicted molar refractivity (Wildman–Crippen MR) is 77.4 cm³/mol. The summed E-state index contributed by atoms with van der Waals surface area (Å²) in [6.07, 6.45) is 1.28. The number of fused-ring (bicyclic) bond motifs is 1. The molecule has 1 heterocycles. The molecule has 3 atom stereocenters. The van der Waals surface area contributed by atoms with Crippen LogP contribution in [0.25, 0.3) is 0 Å². The first-order valence-electron chi connectivity index (χ1n) is 6.53. The number of sulfonamides is 1. The second kappa shape index (κ2) is 5.14. The lowest BCUT2D eigenvalue weighted by atomic mass is 10.00. The highest BCUT2D eigenvalue weighted by molar-refractivity contribution is 7.89. The molecule has 110 valence electrons. The molecule has 0 spiro atoms. The fraction of sp³-hybridized carbons (Fsp3) is 0.538. The summed E-state index contributed by atoms with van der Waals surface area (Å²) in [7, 11) is -3.56. The molecule has 1 aromatic rings.